The van der Waals surface area contributed by atoms with Crippen molar-refractivity contribution < 1.29 is 27.9 Å². The van der Waals surface area contributed by atoms with Crippen LogP contribution in [0.15, 0.2) is 34.9 Å². The monoisotopic (exact) mass is 482 g/mol. The molecule has 3 rings (SSSR count). The zero-order chi connectivity index (χ0) is 23.3. The van der Waals surface area contributed by atoms with Gasteiger partial charge in [0.2, 0.25) is 10.0 Å². The van der Waals surface area contributed by atoms with Crippen LogP contribution in [0.1, 0.15) is 12.8 Å². The maximum absolute atomic E-state index is 12.9. The Morgan fingerprint density at radius 1 is 1.22 bits per heavy atom. The molecular formula is C20H23ClN4O6S. The fourth-order valence-corrected chi connectivity index (χ4v) is 5.11. The molecule has 0 radical (unpaired) electrons. The Bertz CT molecular complexity index is 1050. The molecule has 1 aromatic carbocycles. The molecule has 2 aliphatic rings. The molecule has 2 fully saturated rings. The van der Waals surface area contributed by atoms with E-state index in [-0.39, 0.29) is 47.4 Å². The van der Waals surface area contributed by atoms with E-state index in [9.17, 15) is 23.3 Å². The van der Waals surface area contributed by atoms with Gasteiger partial charge in [-0.05, 0) is 31.0 Å². The first-order chi connectivity index (χ1) is 15.2. The Hall–Kier alpha value is -2.65. The number of carboxylic acids is 1. The molecule has 12 heteroatoms. The van der Waals surface area contributed by atoms with Crippen LogP contribution in [0.3, 0.4) is 0 Å². The van der Waals surface area contributed by atoms with E-state index in [2.05, 4.69) is 5.32 Å². The van der Waals surface area contributed by atoms with Gasteiger partial charge >= 0.3 is 5.97 Å². The first kappa shape index (κ1) is 24.0. The van der Waals surface area contributed by atoms with Crippen LogP contribution in [-0.4, -0.2) is 74.0 Å². The Morgan fingerprint density at radius 3 is 2.47 bits per heavy atom. The second kappa shape index (κ2) is 10.3. The summed E-state index contributed by atoms with van der Waals surface area (Å²) in [7, 11) is -3.75. The highest BCUT2D eigenvalue weighted by Crippen LogP contribution is 2.28. The molecule has 0 aliphatic carbocycles. The zero-order valence-electron chi connectivity index (χ0n) is 17.2. The van der Waals surface area contributed by atoms with Crippen LogP contribution in [0.4, 0.5) is 5.69 Å². The number of rotatable bonds is 6. The summed E-state index contributed by atoms with van der Waals surface area (Å²) in [6.45, 7) is 1.61. The van der Waals surface area contributed by atoms with Gasteiger partial charge in [0.15, 0.2) is 0 Å². The number of likely N-dealkylation sites (tertiary alicyclic amines) is 1. The lowest BCUT2D eigenvalue weighted by Crippen LogP contribution is -2.40. The fraction of sp³-hybridized carbons (Fsp3) is 0.450. The Kier molecular flexibility index (Phi) is 7.73. The minimum atomic E-state index is -3.75. The van der Waals surface area contributed by atoms with Gasteiger partial charge in [-0.3, -0.25) is 9.59 Å². The molecule has 0 aromatic heterocycles. The number of carboxylic acid groups (broad SMARTS) is 1. The Labute approximate surface area is 191 Å². The third-order valence-corrected chi connectivity index (χ3v) is 7.62. The van der Waals surface area contributed by atoms with Crippen LogP contribution in [0.2, 0.25) is 5.02 Å². The SMILES string of the molecule is N#C/C(=C/Nc1cc(S(=O)(=O)N2CCOCC2)ccc1Cl)C(=O)N1CCC(C(=O)O)CC1. The van der Waals surface area contributed by atoms with Crippen molar-refractivity contribution in [2.45, 2.75) is 17.7 Å². The van der Waals surface area contributed by atoms with E-state index in [0.29, 0.717) is 26.1 Å². The lowest BCUT2D eigenvalue weighted by atomic mass is 9.97. The topological polar surface area (TPSA) is 140 Å². The molecule has 10 nitrogen and oxygen atoms in total. The zero-order valence-corrected chi connectivity index (χ0v) is 18.7. The van der Waals surface area contributed by atoms with E-state index >= 15 is 0 Å². The van der Waals surface area contributed by atoms with Gasteiger partial charge in [-0.2, -0.15) is 9.57 Å². The third kappa shape index (κ3) is 5.39. The van der Waals surface area contributed by atoms with Crippen molar-refractivity contribution in [2.24, 2.45) is 5.92 Å². The number of halogens is 1. The highest BCUT2D eigenvalue weighted by molar-refractivity contribution is 7.89. The van der Waals surface area contributed by atoms with Crippen LogP contribution in [0, 0.1) is 17.2 Å². The number of amides is 1. The van der Waals surface area contributed by atoms with Gasteiger partial charge in [0.25, 0.3) is 5.91 Å². The first-order valence-corrected chi connectivity index (χ1v) is 11.8. The summed E-state index contributed by atoms with van der Waals surface area (Å²) >= 11 is 6.18. The van der Waals surface area contributed by atoms with E-state index in [0.717, 1.165) is 0 Å². The Balaban J connectivity index is 1.74. The van der Waals surface area contributed by atoms with E-state index in [1.807, 2.05) is 6.07 Å². The molecule has 2 heterocycles. The largest absolute Gasteiger partial charge is 0.481 e. The van der Waals surface area contributed by atoms with E-state index in [1.165, 1.54) is 33.6 Å². The molecule has 2 N–H and O–H groups in total. The van der Waals surface area contributed by atoms with Crippen molar-refractivity contribution in [3.63, 3.8) is 0 Å². The predicted octanol–water partition coefficient (Wildman–Crippen LogP) is 1.50. The number of benzene rings is 1. The number of nitriles is 1. The standard InChI is InChI=1S/C20H23ClN4O6S/c21-17-2-1-16(32(29,30)25-7-9-31-10-8-25)11-18(17)23-13-15(12-22)19(26)24-5-3-14(4-6-24)20(27)28/h1-2,11,13-14,23H,3-10H2,(H,27,28)/b15-13-. The van der Waals surface area contributed by atoms with Crippen molar-refractivity contribution in [3.05, 3.63) is 35.0 Å². The van der Waals surface area contributed by atoms with Crippen LogP contribution in [-0.2, 0) is 24.3 Å². The number of carbonyl (C=O) groups excluding carboxylic acids is 1. The van der Waals surface area contributed by atoms with Gasteiger partial charge < -0.3 is 20.1 Å². The van der Waals surface area contributed by atoms with E-state index in [1.54, 1.807) is 0 Å². The molecule has 1 amide bonds. The summed E-state index contributed by atoms with van der Waals surface area (Å²) in [4.78, 5) is 25.2. The van der Waals surface area contributed by atoms with Crippen molar-refractivity contribution in [2.75, 3.05) is 44.7 Å². The molecule has 0 bridgehead atoms. The lowest BCUT2D eigenvalue weighted by Gasteiger charge is -2.29. The maximum Gasteiger partial charge on any atom is 0.306 e. The average molecular weight is 483 g/mol. The summed E-state index contributed by atoms with van der Waals surface area (Å²) in [6.07, 6.45) is 1.82. The molecule has 0 atom stereocenters. The number of aliphatic carboxylic acids is 1. The number of nitrogens with zero attached hydrogens (tertiary/aromatic N) is 3. The predicted molar refractivity (Wildman–Crippen MR) is 115 cm³/mol. The molecular weight excluding hydrogens is 460 g/mol. The van der Waals surface area contributed by atoms with E-state index in [4.69, 9.17) is 21.4 Å². The molecule has 32 heavy (non-hydrogen) atoms. The second-order valence-electron chi connectivity index (χ2n) is 7.38. The molecule has 2 aliphatic heterocycles. The van der Waals surface area contributed by atoms with Crippen molar-refractivity contribution in [3.8, 4) is 6.07 Å². The summed E-state index contributed by atoms with van der Waals surface area (Å²) in [5.41, 5.74) is 0.0300. The van der Waals surface area contributed by atoms with Gasteiger partial charge in [0.05, 0.1) is 34.7 Å². The maximum atomic E-state index is 12.9. The number of hydrogen-bond donors (Lipinski definition) is 2. The van der Waals surface area contributed by atoms with Crippen molar-refractivity contribution in [1.82, 2.24) is 9.21 Å². The molecule has 0 saturated carbocycles. The summed E-state index contributed by atoms with van der Waals surface area (Å²) < 4.78 is 32.2. The number of morpholine rings is 1. The number of anilines is 1. The van der Waals surface area contributed by atoms with E-state index < -0.39 is 27.8 Å². The van der Waals surface area contributed by atoms with Crippen molar-refractivity contribution >= 4 is 39.2 Å². The minimum absolute atomic E-state index is 0.0280. The first-order valence-electron chi connectivity index (χ1n) is 10.0. The van der Waals surface area contributed by atoms with Gasteiger partial charge in [-0.25, -0.2) is 8.42 Å². The third-order valence-electron chi connectivity index (χ3n) is 5.40. The lowest BCUT2D eigenvalue weighted by molar-refractivity contribution is -0.145. The summed E-state index contributed by atoms with van der Waals surface area (Å²) in [5.74, 6) is -1.92. The fourth-order valence-electron chi connectivity index (χ4n) is 3.50. The highest BCUT2D eigenvalue weighted by atomic mass is 35.5. The van der Waals surface area contributed by atoms with Gasteiger partial charge in [-0.15, -0.1) is 0 Å². The van der Waals surface area contributed by atoms with Gasteiger partial charge in [0, 0.05) is 32.4 Å². The van der Waals surface area contributed by atoms with Crippen LogP contribution < -0.4 is 5.32 Å². The van der Waals surface area contributed by atoms with Crippen molar-refractivity contribution in [1.29, 1.82) is 5.26 Å². The molecule has 0 unspecified atom stereocenters. The molecule has 1 aromatic rings. The van der Waals surface area contributed by atoms with Crippen LogP contribution >= 0.6 is 11.6 Å². The average Bonchev–Trinajstić information content (AvgIpc) is 2.80. The molecule has 172 valence electrons. The Morgan fingerprint density at radius 2 is 1.88 bits per heavy atom. The number of sulfonamides is 1. The number of hydrogen-bond acceptors (Lipinski definition) is 7. The van der Waals surface area contributed by atoms with Gasteiger partial charge in [0.1, 0.15) is 11.6 Å². The smallest absolute Gasteiger partial charge is 0.306 e. The summed E-state index contributed by atoms with van der Waals surface area (Å²) in [6, 6.07) is 6.00. The molecule has 2 saturated heterocycles. The number of piperidine rings is 1. The highest BCUT2D eigenvalue weighted by Gasteiger charge is 2.29. The van der Waals surface area contributed by atoms with Gasteiger partial charge in [-0.1, -0.05) is 11.6 Å². The minimum Gasteiger partial charge on any atom is -0.481 e. The number of nitrogens with one attached hydrogen (secondary N) is 1. The molecule has 0 spiro atoms. The summed E-state index contributed by atoms with van der Waals surface area (Å²) in [5, 5.41) is 21.5. The second-order valence-corrected chi connectivity index (χ2v) is 9.72. The number of ether oxygens (including phenoxy) is 1. The normalized spacial score (nSPS) is 18.8. The quantitative estimate of drug-likeness (QED) is 0.459. The van der Waals surface area contributed by atoms with Crippen LogP contribution in [0.25, 0.3) is 0 Å². The number of carbonyl (C=O) groups is 2. The van der Waals surface area contributed by atoms with Crippen LogP contribution in [0.5, 0.6) is 0 Å².